The van der Waals surface area contributed by atoms with Crippen molar-refractivity contribution >= 4 is 11.9 Å². The van der Waals surface area contributed by atoms with Crippen LogP contribution in [-0.2, 0) is 14.3 Å². The summed E-state index contributed by atoms with van der Waals surface area (Å²) in [4.78, 5) is 24.7. The smallest absolute Gasteiger partial charge is 0.361 e. The highest BCUT2D eigenvalue weighted by molar-refractivity contribution is 5.90. The molecule has 1 aliphatic heterocycles. The van der Waals surface area contributed by atoms with Crippen molar-refractivity contribution in [3.05, 3.63) is 41.7 Å². The van der Waals surface area contributed by atoms with Crippen molar-refractivity contribution < 1.29 is 19.1 Å². The van der Waals surface area contributed by atoms with Crippen LogP contribution in [0.2, 0.25) is 0 Å². The van der Waals surface area contributed by atoms with Gasteiger partial charge in [-0.3, -0.25) is 0 Å². The zero-order valence-electron chi connectivity index (χ0n) is 11.4. The number of esters is 2. The number of para-hydroxylation sites is 1. The Labute approximate surface area is 120 Å². The molecular formula is C14H13N3O4. The number of rotatable bonds is 3. The molecule has 0 saturated carbocycles. The van der Waals surface area contributed by atoms with Gasteiger partial charge in [0.1, 0.15) is 0 Å². The Morgan fingerprint density at radius 3 is 2.76 bits per heavy atom. The number of hydrogen-bond acceptors (Lipinski definition) is 6. The normalized spacial score (nSPS) is 17.6. The van der Waals surface area contributed by atoms with E-state index < -0.39 is 18.0 Å². The number of aromatic nitrogens is 3. The minimum Gasteiger partial charge on any atom is -0.463 e. The Hall–Kier alpha value is -2.70. The lowest BCUT2D eigenvalue weighted by Crippen LogP contribution is -2.23. The van der Waals surface area contributed by atoms with Crippen LogP contribution < -0.4 is 0 Å². The number of hydrogen-bond donors (Lipinski definition) is 0. The Kier molecular flexibility index (Phi) is 3.39. The number of nitrogens with zero attached hydrogens (tertiary/aromatic N) is 3. The van der Waals surface area contributed by atoms with Crippen molar-refractivity contribution in [1.82, 2.24) is 15.0 Å². The summed E-state index contributed by atoms with van der Waals surface area (Å²) in [6, 6.07) is 9.22. The van der Waals surface area contributed by atoms with Crippen LogP contribution in [0.1, 0.15) is 22.6 Å². The third-order valence-corrected chi connectivity index (χ3v) is 3.10. The zero-order chi connectivity index (χ0) is 14.8. The van der Waals surface area contributed by atoms with Gasteiger partial charge in [-0.2, -0.15) is 9.90 Å². The van der Waals surface area contributed by atoms with E-state index in [-0.39, 0.29) is 12.3 Å². The third-order valence-electron chi connectivity index (χ3n) is 3.10. The highest BCUT2D eigenvalue weighted by atomic mass is 16.6. The van der Waals surface area contributed by atoms with Gasteiger partial charge in [-0.1, -0.05) is 18.2 Å². The molecule has 7 heteroatoms. The molecule has 1 fully saturated rings. The van der Waals surface area contributed by atoms with Gasteiger partial charge in [0.25, 0.3) is 0 Å². The van der Waals surface area contributed by atoms with Crippen molar-refractivity contribution in [3.63, 3.8) is 0 Å². The van der Waals surface area contributed by atoms with Gasteiger partial charge in [0.2, 0.25) is 6.10 Å². The van der Waals surface area contributed by atoms with Gasteiger partial charge < -0.3 is 9.47 Å². The van der Waals surface area contributed by atoms with Gasteiger partial charge in [0.05, 0.1) is 18.0 Å². The first-order chi connectivity index (χ1) is 10.1. The summed E-state index contributed by atoms with van der Waals surface area (Å²) in [5, 5.41) is 8.31. The molecule has 2 aromatic rings. The van der Waals surface area contributed by atoms with Crippen molar-refractivity contribution in [2.75, 3.05) is 6.61 Å². The second-order valence-corrected chi connectivity index (χ2v) is 4.61. The third kappa shape index (κ3) is 2.62. The lowest BCUT2D eigenvalue weighted by molar-refractivity contribution is -0.145. The standard InChI is InChI=1S/C14H13N3O4/c1-9-12(14(19)21-11-7-8-20-13(11)18)16-17(15-9)10-5-3-2-4-6-10/h2-6,11H,7-8H2,1H3/t11-/m1/s1. The van der Waals surface area contributed by atoms with Gasteiger partial charge in [-0.15, -0.1) is 5.10 Å². The minimum absolute atomic E-state index is 0.0959. The lowest BCUT2D eigenvalue weighted by atomic mass is 10.3. The van der Waals surface area contributed by atoms with E-state index in [4.69, 9.17) is 9.47 Å². The van der Waals surface area contributed by atoms with E-state index in [1.54, 1.807) is 6.92 Å². The molecule has 0 spiro atoms. The molecule has 0 N–H and O–H groups in total. The Balaban J connectivity index is 1.81. The van der Waals surface area contributed by atoms with E-state index in [9.17, 15) is 9.59 Å². The summed E-state index contributed by atoms with van der Waals surface area (Å²) in [5.41, 5.74) is 1.27. The molecule has 1 aliphatic rings. The monoisotopic (exact) mass is 287 g/mol. The molecule has 108 valence electrons. The first-order valence-electron chi connectivity index (χ1n) is 6.52. The van der Waals surface area contributed by atoms with Gasteiger partial charge in [-0.25, -0.2) is 9.59 Å². The predicted octanol–water partition coefficient (Wildman–Crippen LogP) is 1.05. The molecule has 0 radical (unpaired) electrons. The summed E-state index contributed by atoms with van der Waals surface area (Å²) in [7, 11) is 0. The van der Waals surface area contributed by atoms with Gasteiger partial charge in [-0.05, 0) is 19.1 Å². The molecular weight excluding hydrogens is 274 g/mol. The first-order valence-corrected chi connectivity index (χ1v) is 6.52. The summed E-state index contributed by atoms with van der Waals surface area (Å²) in [6.45, 7) is 1.93. The van der Waals surface area contributed by atoms with Crippen molar-refractivity contribution in [3.8, 4) is 5.69 Å². The Morgan fingerprint density at radius 1 is 1.33 bits per heavy atom. The summed E-state index contributed by atoms with van der Waals surface area (Å²) in [5.74, 6) is -1.19. The SMILES string of the molecule is Cc1nn(-c2ccccc2)nc1C(=O)O[C@@H]1CCOC1=O. The molecule has 1 atom stereocenters. The highest BCUT2D eigenvalue weighted by Crippen LogP contribution is 2.14. The molecule has 3 rings (SSSR count). The van der Waals surface area contributed by atoms with E-state index in [1.807, 2.05) is 30.3 Å². The van der Waals surface area contributed by atoms with Crippen molar-refractivity contribution in [2.24, 2.45) is 0 Å². The van der Waals surface area contributed by atoms with E-state index in [0.717, 1.165) is 5.69 Å². The summed E-state index contributed by atoms with van der Waals surface area (Å²) in [6.07, 6.45) is -0.477. The van der Waals surface area contributed by atoms with E-state index >= 15 is 0 Å². The van der Waals surface area contributed by atoms with Gasteiger partial charge >= 0.3 is 11.9 Å². The second kappa shape index (κ2) is 5.35. The maximum atomic E-state index is 12.1. The van der Waals surface area contributed by atoms with Crippen LogP contribution >= 0.6 is 0 Å². The number of cyclic esters (lactones) is 1. The number of benzene rings is 1. The average molecular weight is 287 g/mol. The molecule has 7 nitrogen and oxygen atoms in total. The van der Waals surface area contributed by atoms with E-state index in [0.29, 0.717) is 12.1 Å². The molecule has 0 aliphatic carbocycles. The maximum Gasteiger partial charge on any atom is 0.361 e. The van der Waals surface area contributed by atoms with Gasteiger partial charge in [0.15, 0.2) is 5.69 Å². The highest BCUT2D eigenvalue weighted by Gasteiger charge is 2.32. The molecule has 1 aromatic carbocycles. The predicted molar refractivity (Wildman–Crippen MR) is 70.9 cm³/mol. The molecule has 0 bridgehead atoms. The van der Waals surface area contributed by atoms with Crippen LogP contribution in [-0.4, -0.2) is 39.6 Å². The number of ether oxygens (including phenoxy) is 2. The van der Waals surface area contributed by atoms with Crippen LogP contribution in [0.3, 0.4) is 0 Å². The van der Waals surface area contributed by atoms with Crippen LogP contribution in [0, 0.1) is 6.92 Å². The second-order valence-electron chi connectivity index (χ2n) is 4.61. The quantitative estimate of drug-likeness (QED) is 0.785. The Bertz CT molecular complexity index is 681. The van der Waals surface area contributed by atoms with E-state index in [1.165, 1.54) is 4.80 Å². The molecule has 1 aromatic heterocycles. The number of carbonyl (C=O) groups excluding carboxylic acids is 2. The summed E-state index contributed by atoms with van der Waals surface area (Å²) < 4.78 is 9.86. The van der Waals surface area contributed by atoms with Crippen molar-refractivity contribution in [1.29, 1.82) is 0 Å². The average Bonchev–Trinajstić information content (AvgIpc) is 3.06. The van der Waals surface area contributed by atoms with Crippen LogP contribution in [0.5, 0.6) is 0 Å². The van der Waals surface area contributed by atoms with Crippen LogP contribution in [0.4, 0.5) is 0 Å². The fourth-order valence-electron chi connectivity index (χ4n) is 2.01. The molecule has 2 heterocycles. The van der Waals surface area contributed by atoms with Crippen molar-refractivity contribution in [2.45, 2.75) is 19.4 Å². The van der Waals surface area contributed by atoms with Crippen LogP contribution in [0.25, 0.3) is 5.69 Å². The largest absolute Gasteiger partial charge is 0.463 e. The summed E-state index contributed by atoms with van der Waals surface area (Å²) >= 11 is 0. The fraction of sp³-hybridized carbons (Fsp3) is 0.286. The lowest BCUT2D eigenvalue weighted by Gasteiger charge is -2.06. The first kappa shape index (κ1) is 13.3. The number of aryl methyl sites for hydroxylation is 1. The van der Waals surface area contributed by atoms with Gasteiger partial charge in [0, 0.05) is 6.42 Å². The topological polar surface area (TPSA) is 83.3 Å². The minimum atomic E-state index is -0.848. The maximum absolute atomic E-state index is 12.1. The molecule has 1 saturated heterocycles. The van der Waals surface area contributed by atoms with E-state index in [2.05, 4.69) is 10.2 Å². The molecule has 0 unspecified atom stereocenters. The number of carbonyl (C=O) groups is 2. The molecule has 21 heavy (non-hydrogen) atoms. The van der Waals surface area contributed by atoms with Crippen LogP contribution in [0.15, 0.2) is 30.3 Å². The molecule has 0 amide bonds. The Morgan fingerprint density at radius 2 is 2.10 bits per heavy atom. The zero-order valence-corrected chi connectivity index (χ0v) is 11.4. The fourth-order valence-corrected chi connectivity index (χ4v) is 2.01.